The molecule has 0 spiro atoms. The van der Waals surface area contributed by atoms with E-state index in [4.69, 9.17) is 0 Å². The van der Waals surface area contributed by atoms with Crippen LogP contribution in [0.15, 0.2) is 23.8 Å². The zero-order valence-corrected chi connectivity index (χ0v) is 10.8. The molecule has 1 rings (SSSR count). The summed E-state index contributed by atoms with van der Waals surface area (Å²) in [6.45, 7) is 4.05. The number of aliphatic hydroxyl groups excluding tert-OH is 1. The summed E-state index contributed by atoms with van der Waals surface area (Å²) in [5.41, 5.74) is 1.17. The van der Waals surface area contributed by atoms with Crippen molar-refractivity contribution in [3.05, 3.63) is 23.8 Å². The van der Waals surface area contributed by atoms with E-state index in [9.17, 15) is 9.90 Å². The molecule has 1 aliphatic rings. The summed E-state index contributed by atoms with van der Waals surface area (Å²) < 4.78 is 0. The van der Waals surface area contributed by atoms with Gasteiger partial charge in [0.1, 0.15) is 0 Å². The van der Waals surface area contributed by atoms with Crippen LogP contribution in [0, 0.1) is 0 Å². The van der Waals surface area contributed by atoms with E-state index < -0.39 is 0 Å². The van der Waals surface area contributed by atoms with Crippen molar-refractivity contribution >= 4 is 5.91 Å². The standard InChI is InChI=1S/C14H23NO2/c1-3-11(4-2)5-10-14(17)15-12-6-8-13(16)9-7-12/h3,5,10,12-13,16H,4,6-9H2,1-2H3,(H,15,17). The fourth-order valence-corrected chi connectivity index (χ4v) is 2.07. The molecule has 0 bridgehead atoms. The molecule has 0 atom stereocenters. The van der Waals surface area contributed by atoms with Gasteiger partial charge in [0.2, 0.25) is 5.91 Å². The molecule has 0 aromatic rings. The van der Waals surface area contributed by atoms with Gasteiger partial charge >= 0.3 is 0 Å². The van der Waals surface area contributed by atoms with Gasteiger partial charge in [-0.3, -0.25) is 4.79 Å². The highest BCUT2D eigenvalue weighted by Crippen LogP contribution is 2.18. The number of nitrogens with one attached hydrogen (secondary N) is 1. The molecule has 1 amide bonds. The highest BCUT2D eigenvalue weighted by molar-refractivity contribution is 5.88. The summed E-state index contributed by atoms with van der Waals surface area (Å²) in [5, 5.41) is 12.3. The van der Waals surface area contributed by atoms with E-state index in [1.165, 1.54) is 5.57 Å². The van der Waals surface area contributed by atoms with Crippen molar-refractivity contribution in [2.75, 3.05) is 0 Å². The molecule has 1 fully saturated rings. The first kappa shape index (κ1) is 14.0. The molecular weight excluding hydrogens is 214 g/mol. The van der Waals surface area contributed by atoms with Gasteiger partial charge < -0.3 is 10.4 Å². The Morgan fingerprint density at radius 3 is 2.47 bits per heavy atom. The monoisotopic (exact) mass is 237 g/mol. The molecule has 0 heterocycles. The number of carbonyl (C=O) groups excluding carboxylic acids is 1. The second kappa shape index (κ2) is 7.28. The van der Waals surface area contributed by atoms with Gasteiger partial charge in [0.25, 0.3) is 0 Å². The number of amides is 1. The quantitative estimate of drug-likeness (QED) is 0.582. The first-order valence-electron chi connectivity index (χ1n) is 6.47. The summed E-state index contributed by atoms with van der Waals surface area (Å²) in [4.78, 5) is 11.6. The molecule has 96 valence electrons. The number of hydrogen-bond donors (Lipinski definition) is 2. The lowest BCUT2D eigenvalue weighted by Gasteiger charge is -2.25. The SMILES string of the molecule is CC=C(C=CC(=O)NC1CCC(O)CC1)CC. The van der Waals surface area contributed by atoms with Crippen LogP contribution in [0.4, 0.5) is 0 Å². The van der Waals surface area contributed by atoms with Crippen LogP contribution in [0.2, 0.25) is 0 Å². The van der Waals surface area contributed by atoms with E-state index in [2.05, 4.69) is 12.2 Å². The predicted molar refractivity (Wildman–Crippen MR) is 69.6 cm³/mol. The Labute approximate surface area is 104 Å². The maximum atomic E-state index is 11.6. The van der Waals surface area contributed by atoms with Crippen molar-refractivity contribution in [2.45, 2.75) is 58.1 Å². The number of allylic oxidation sites excluding steroid dienone is 3. The predicted octanol–water partition coefficient (Wildman–Crippen LogP) is 2.32. The minimum Gasteiger partial charge on any atom is -0.393 e. The van der Waals surface area contributed by atoms with Gasteiger partial charge in [0.15, 0.2) is 0 Å². The second-order valence-corrected chi connectivity index (χ2v) is 4.56. The van der Waals surface area contributed by atoms with Crippen LogP contribution < -0.4 is 5.32 Å². The molecular formula is C14H23NO2. The molecule has 0 unspecified atom stereocenters. The van der Waals surface area contributed by atoms with Crippen molar-refractivity contribution in [3.63, 3.8) is 0 Å². The van der Waals surface area contributed by atoms with Crippen LogP contribution in [0.1, 0.15) is 46.0 Å². The maximum absolute atomic E-state index is 11.6. The van der Waals surface area contributed by atoms with E-state index in [0.717, 1.165) is 32.1 Å². The lowest BCUT2D eigenvalue weighted by Crippen LogP contribution is -2.37. The highest BCUT2D eigenvalue weighted by Gasteiger charge is 2.19. The number of carbonyl (C=O) groups is 1. The Bertz CT molecular complexity index is 299. The van der Waals surface area contributed by atoms with E-state index in [1.807, 2.05) is 19.1 Å². The smallest absolute Gasteiger partial charge is 0.244 e. The average molecular weight is 237 g/mol. The highest BCUT2D eigenvalue weighted by atomic mass is 16.3. The fourth-order valence-electron chi connectivity index (χ4n) is 2.07. The molecule has 3 nitrogen and oxygen atoms in total. The van der Waals surface area contributed by atoms with E-state index in [-0.39, 0.29) is 18.1 Å². The normalized spacial score (nSPS) is 26.2. The molecule has 2 N–H and O–H groups in total. The van der Waals surface area contributed by atoms with Gasteiger partial charge in [-0.25, -0.2) is 0 Å². The first-order valence-corrected chi connectivity index (χ1v) is 6.47. The summed E-state index contributed by atoms with van der Waals surface area (Å²) in [6, 6.07) is 0.228. The Hall–Kier alpha value is -1.09. The molecule has 0 aromatic carbocycles. The maximum Gasteiger partial charge on any atom is 0.244 e. The Kier molecular flexibility index (Phi) is 5.98. The van der Waals surface area contributed by atoms with Crippen LogP contribution >= 0.6 is 0 Å². The largest absolute Gasteiger partial charge is 0.393 e. The van der Waals surface area contributed by atoms with E-state index >= 15 is 0 Å². The number of aliphatic hydroxyl groups is 1. The van der Waals surface area contributed by atoms with Crippen molar-refractivity contribution in [2.24, 2.45) is 0 Å². The Morgan fingerprint density at radius 2 is 1.94 bits per heavy atom. The van der Waals surface area contributed by atoms with Crippen molar-refractivity contribution < 1.29 is 9.90 Å². The van der Waals surface area contributed by atoms with Crippen molar-refractivity contribution in [1.82, 2.24) is 5.32 Å². The van der Waals surface area contributed by atoms with Crippen LogP contribution in [0.25, 0.3) is 0 Å². The van der Waals surface area contributed by atoms with Gasteiger partial charge in [-0.2, -0.15) is 0 Å². The van der Waals surface area contributed by atoms with Crippen LogP contribution in [0.5, 0.6) is 0 Å². The van der Waals surface area contributed by atoms with Gasteiger partial charge in [-0.15, -0.1) is 0 Å². The summed E-state index contributed by atoms with van der Waals surface area (Å²) in [5.74, 6) is -0.0285. The molecule has 0 aromatic heterocycles. The first-order chi connectivity index (χ1) is 8.15. The minimum absolute atomic E-state index is 0.0285. The molecule has 0 radical (unpaired) electrons. The topological polar surface area (TPSA) is 49.3 Å². The molecule has 1 aliphatic carbocycles. The summed E-state index contributed by atoms with van der Waals surface area (Å²) in [7, 11) is 0. The molecule has 0 saturated heterocycles. The second-order valence-electron chi connectivity index (χ2n) is 4.56. The van der Waals surface area contributed by atoms with E-state index in [1.54, 1.807) is 6.08 Å². The summed E-state index contributed by atoms with van der Waals surface area (Å²) in [6.07, 6.45) is 9.60. The third kappa shape index (κ3) is 5.18. The summed E-state index contributed by atoms with van der Waals surface area (Å²) >= 11 is 0. The lowest BCUT2D eigenvalue weighted by atomic mass is 9.93. The molecule has 0 aliphatic heterocycles. The molecule has 3 heteroatoms. The van der Waals surface area contributed by atoms with Crippen molar-refractivity contribution in [1.29, 1.82) is 0 Å². The van der Waals surface area contributed by atoms with E-state index in [0.29, 0.717) is 0 Å². The third-order valence-electron chi connectivity index (χ3n) is 3.27. The zero-order chi connectivity index (χ0) is 12.7. The molecule has 17 heavy (non-hydrogen) atoms. The Morgan fingerprint density at radius 1 is 1.29 bits per heavy atom. The van der Waals surface area contributed by atoms with Crippen molar-refractivity contribution in [3.8, 4) is 0 Å². The van der Waals surface area contributed by atoms with Gasteiger partial charge in [-0.1, -0.05) is 24.6 Å². The van der Waals surface area contributed by atoms with Crippen LogP contribution in [-0.2, 0) is 4.79 Å². The average Bonchev–Trinajstić information content (AvgIpc) is 2.33. The van der Waals surface area contributed by atoms with Gasteiger partial charge in [0, 0.05) is 12.1 Å². The molecule has 1 saturated carbocycles. The number of hydrogen-bond acceptors (Lipinski definition) is 2. The zero-order valence-electron chi connectivity index (χ0n) is 10.8. The van der Waals surface area contributed by atoms with Gasteiger partial charge in [0.05, 0.1) is 6.10 Å². The van der Waals surface area contributed by atoms with Gasteiger partial charge in [-0.05, 0) is 39.0 Å². The lowest BCUT2D eigenvalue weighted by molar-refractivity contribution is -0.117. The number of rotatable bonds is 4. The Balaban J connectivity index is 2.34. The van der Waals surface area contributed by atoms with Crippen LogP contribution in [0.3, 0.4) is 0 Å². The minimum atomic E-state index is -0.173. The fraction of sp³-hybridized carbons (Fsp3) is 0.643. The van der Waals surface area contributed by atoms with Crippen LogP contribution in [-0.4, -0.2) is 23.2 Å². The third-order valence-corrected chi connectivity index (χ3v) is 3.27.